The first kappa shape index (κ1) is 20.6. The largest absolute Gasteiger partial charge is 0.461 e. The molecule has 2 aromatic rings. The maximum Gasteiger partial charge on any atom is 0.359 e. The Morgan fingerprint density at radius 3 is 2.48 bits per heavy atom. The van der Waals surface area contributed by atoms with Crippen LogP contribution in [0.4, 0.5) is 5.69 Å². The van der Waals surface area contributed by atoms with Gasteiger partial charge in [-0.2, -0.15) is 5.10 Å². The Bertz CT molecular complexity index is 855. The van der Waals surface area contributed by atoms with Crippen molar-refractivity contribution in [2.24, 2.45) is 5.10 Å². The molecule has 0 amide bonds. The predicted molar refractivity (Wildman–Crippen MR) is 116 cm³/mol. The van der Waals surface area contributed by atoms with Gasteiger partial charge in [0.15, 0.2) is 5.71 Å². The average Bonchev–Trinajstić information content (AvgIpc) is 2.76. The van der Waals surface area contributed by atoms with Crippen LogP contribution in [0.3, 0.4) is 0 Å². The number of aryl methyl sites for hydroxylation is 1. The lowest BCUT2D eigenvalue weighted by molar-refractivity contribution is -0.134. The van der Waals surface area contributed by atoms with Crippen LogP contribution in [0.25, 0.3) is 5.57 Å². The minimum atomic E-state index is -0.463. The van der Waals surface area contributed by atoms with Crippen molar-refractivity contribution in [3.63, 3.8) is 0 Å². The fourth-order valence-corrected chi connectivity index (χ4v) is 2.94. The molecular weight excluding hydrogens is 366 g/mol. The Kier molecular flexibility index (Phi) is 7.41. The van der Waals surface area contributed by atoms with Crippen molar-refractivity contribution < 1.29 is 14.3 Å². The summed E-state index contributed by atoms with van der Waals surface area (Å²) in [6, 6.07) is 17.6. The molecular formula is C23H27N3O3. The summed E-state index contributed by atoms with van der Waals surface area (Å²) in [5.41, 5.74) is 6.81. The summed E-state index contributed by atoms with van der Waals surface area (Å²) in [6.07, 6.45) is 1.98. The summed E-state index contributed by atoms with van der Waals surface area (Å²) in [5, 5.41) is 4.45. The van der Waals surface area contributed by atoms with E-state index in [9.17, 15) is 4.79 Å². The van der Waals surface area contributed by atoms with Gasteiger partial charge in [0.05, 0.1) is 25.5 Å². The van der Waals surface area contributed by atoms with E-state index >= 15 is 0 Å². The fraction of sp³-hybridized carbons (Fsp3) is 0.304. The minimum Gasteiger partial charge on any atom is -0.461 e. The van der Waals surface area contributed by atoms with E-state index in [0.29, 0.717) is 18.8 Å². The van der Waals surface area contributed by atoms with Gasteiger partial charge in [0.2, 0.25) is 0 Å². The number of nitrogens with one attached hydrogen (secondary N) is 1. The van der Waals surface area contributed by atoms with Crippen molar-refractivity contribution in [3.05, 3.63) is 71.9 Å². The first-order valence-electron chi connectivity index (χ1n) is 9.84. The topological polar surface area (TPSA) is 63.2 Å². The summed E-state index contributed by atoms with van der Waals surface area (Å²) < 4.78 is 10.8. The number of benzene rings is 2. The Hall–Kier alpha value is -3.12. The predicted octanol–water partition coefficient (Wildman–Crippen LogP) is 3.70. The van der Waals surface area contributed by atoms with E-state index in [2.05, 4.69) is 15.4 Å². The van der Waals surface area contributed by atoms with Crippen LogP contribution >= 0.6 is 0 Å². The summed E-state index contributed by atoms with van der Waals surface area (Å²) in [6.45, 7) is 6.93. The number of ether oxygens (including phenoxy) is 2. The fourth-order valence-electron chi connectivity index (χ4n) is 2.94. The molecule has 1 aliphatic rings. The lowest BCUT2D eigenvalue weighted by atomic mass is 10.0. The SMILES string of the molecule is CCOC(=O)C(=N\Nc1ccc(C)cc1)/C(=C/N1CCOCC1)c1ccccc1. The maximum absolute atomic E-state index is 12.8. The molecule has 0 aromatic heterocycles. The Balaban J connectivity index is 1.99. The van der Waals surface area contributed by atoms with Gasteiger partial charge in [0, 0.05) is 24.9 Å². The van der Waals surface area contributed by atoms with E-state index in [1.54, 1.807) is 6.92 Å². The molecule has 0 unspecified atom stereocenters. The number of hydrazone groups is 1. The quantitative estimate of drug-likeness (QED) is 0.441. The molecule has 1 N–H and O–H groups in total. The highest BCUT2D eigenvalue weighted by atomic mass is 16.5. The lowest BCUT2D eigenvalue weighted by Crippen LogP contribution is -2.33. The van der Waals surface area contributed by atoms with Gasteiger partial charge in [0.1, 0.15) is 0 Å². The monoisotopic (exact) mass is 393 g/mol. The molecule has 29 heavy (non-hydrogen) atoms. The molecule has 0 saturated carbocycles. The van der Waals surface area contributed by atoms with Gasteiger partial charge in [0.25, 0.3) is 0 Å². The molecule has 0 aliphatic carbocycles. The molecule has 6 heteroatoms. The van der Waals surface area contributed by atoms with E-state index in [1.165, 1.54) is 0 Å². The van der Waals surface area contributed by atoms with E-state index in [1.807, 2.05) is 67.7 Å². The molecule has 6 nitrogen and oxygen atoms in total. The number of rotatable bonds is 7. The molecule has 1 fully saturated rings. The van der Waals surface area contributed by atoms with Gasteiger partial charge < -0.3 is 14.4 Å². The number of nitrogens with zero attached hydrogens (tertiary/aromatic N) is 2. The zero-order chi connectivity index (χ0) is 20.5. The molecule has 1 aliphatic heterocycles. The van der Waals surface area contributed by atoms with Crippen molar-refractivity contribution >= 4 is 22.9 Å². The Morgan fingerprint density at radius 2 is 1.83 bits per heavy atom. The third kappa shape index (κ3) is 5.93. The molecule has 152 valence electrons. The van der Waals surface area contributed by atoms with Crippen LogP contribution < -0.4 is 5.43 Å². The number of hydrogen-bond donors (Lipinski definition) is 1. The molecule has 0 radical (unpaired) electrons. The smallest absolute Gasteiger partial charge is 0.359 e. The van der Waals surface area contributed by atoms with Gasteiger partial charge in [-0.05, 0) is 31.5 Å². The van der Waals surface area contributed by atoms with E-state index in [-0.39, 0.29) is 12.3 Å². The highest BCUT2D eigenvalue weighted by Crippen LogP contribution is 2.20. The summed E-state index contributed by atoms with van der Waals surface area (Å²) >= 11 is 0. The van der Waals surface area contributed by atoms with Crippen LogP contribution in [0.2, 0.25) is 0 Å². The summed E-state index contributed by atoms with van der Waals surface area (Å²) in [7, 11) is 0. The van der Waals surface area contributed by atoms with Crippen molar-refractivity contribution in [2.75, 3.05) is 38.3 Å². The average molecular weight is 393 g/mol. The van der Waals surface area contributed by atoms with Crippen LogP contribution in [0, 0.1) is 6.92 Å². The van der Waals surface area contributed by atoms with E-state index in [4.69, 9.17) is 9.47 Å². The number of morpholine rings is 1. The van der Waals surface area contributed by atoms with E-state index < -0.39 is 5.97 Å². The number of carbonyl (C=O) groups excluding carboxylic acids is 1. The van der Waals surface area contributed by atoms with Gasteiger partial charge >= 0.3 is 5.97 Å². The standard InChI is InChI=1S/C23H27N3O3/c1-3-29-23(27)22(25-24-20-11-9-18(2)10-12-20)21(19-7-5-4-6-8-19)17-26-13-15-28-16-14-26/h4-12,17,24H,3,13-16H2,1-2H3/b21-17+,25-22-. The third-order valence-electron chi connectivity index (χ3n) is 4.51. The summed E-state index contributed by atoms with van der Waals surface area (Å²) in [4.78, 5) is 14.9. The first-order valence-corrected chi connectivity index (χ1v) is 9.84. The van der Waals surface area contributed by atoms with E-state index in [0.717, 1.165) is 29.9 Å². The van der Waals surface area contributed by atoms with Crippen molar-refractivity contribution in [3.8, 4) is 0 Å². The van der Waals surface area contributed by atoms with Gasteiger partial charge in [-0.3, -0.25) is 5.43 Å². The van der Waals surface area contributed by atoms with Crippen LogP contribution in [-0.2, 0) is 14.3 Å². The number of anilines is 1. The Morgan fingerprint density at radius 1 is 1.14 bits per heavy atom. The van der Waals surface area contributed by atoms with Gasteiger partial charge in [-0.15, -0.1) is 0 Å². The van der Waals surface area contributed by atoms with Crippen LogP contribution in [0.15, 0.2) is 65.9 Å². The number of esters is 1. The minimum absolute atomic E-state index is 0.241. The Labute approximate surface area is 171 Å². The molecule has 0 atom stereocenters. The molecule has 2 aromatic carbocycles. The number of hydrogen-bond acceptors (Lipinski definition) is 6. The van der Waals surface area contributed by atoms with Crippen LogP contribution in [0.1, 0.15) is 18.1 Å². The first-order chi connectivity index (χ1) is 14.2. The zero-order valence-corrected chi connectivity index (χ0v) is 16.9. The normalized spacial score (nSPS) is 15.2. The zero-order valence-electron chi connectivity index (χ0n) is 16.9. The van der Waals surface area contributed by atoms with Crippen LogP contribution in [0.5, 0.6) is 0 Å². The highest BCUT2D eigenvalue weighted by molar-refractivity contribution is 6.54. The molecule has 0 spiro atoms. The van der Waals surface area contributed by atoms with Gasteiger partial charge in [-0.25, -0.2) is 4.79 Å². The second-order valence-electron chi connectivity index (χ2n) is 6.72. The lowest BCUT2D eigenvalue weighted by Gasteiger charge is -2.26. The second kappa shape index (κ2) is 10.4. The summed E-state index contributed by atoms with van der Waals surface area (Å²) in [5.74, 6) is -0.463. The third-order valence-corrected chi connectivity index (χ3v) is 4.51. The molecule has 3 rings (SSSR count). The van der Waals surface area contributed by atoms with Crippen molar-refractivity contribution in [1.82, 2.24) is 4.90 Å². The van der Waals surface area contributed by atoms with Crippen molar-refractivity contribution in [2.45, 2.75) is 13.8 Å². The molecule has 1 saturated heterocycles. The maximum atomic E-state index is 12.8. The van der Waals surface area contributed by atoms with Gasteiger partial charge in [-0.1, -0.05) is 48.0 Å². The molecule has 1 heterocycles. The second-order valence-corrected chi connectivity index (χ2v) is 6.72. The number of carbonyl (C=O) groups is 1. The molecule has 0 bridgehead atoms. The highest BCUT2D eigenvalue weighted by Gasteiger charge is 2.22. The van der Waals surface area contributed by atoms with Crippen molar-refractivity contribution in [1.29, 1.82) is 0 Å². The van der Waals surface area contributed by atoms with Crippen LogP contribution in [-0.4, -0.2) is 49.5 Å².